The van der Waals surface area contributed by atoms with Crippen LogP contribution in [0.2, 0.25) is 0 Å². The fourth-order valence-electron chi connectivity index (χ4n) is 1.14. The molecule has 0 unspecified atom stereocenters. The molecule has 0 fully saturated rings. The van der Waals surface area contributed by atoms with E-state index in [1.165, 1.54) is 13.2 Å². The quantitative estimate of drug-likeness (QED) is 0.274. The number of methoxy groups -OCH3 is 1. The fraction of sp³-hybridized carbons (Fsp3) is 0.200. The Hall–Kier alpha value is -2.64. The van der Waals surface area contributed by atoms with Gasteiger partial charge in [-0.2, -0.15) is 0 Å². The van der Waals surface area contributed by atoms with E-state index >= 15 is 0 Å². The molecule has 0 saturated carbocycles. The van der Waals surface area contributed by atoms with Crippen molar-refractivity contribution >= 4 is 17.6 Å². The largest absolute Gasteiger partial charge is 0.496 e. The van der Waals surface area contributed by atoms with Gasteiger partial charge in [-0.05, 0) is 12.1 Å². The highest BCUT2D eigenvalue weighted by molar-refractivity contribution is 5.91. The normalized spacial score (nSPS) is 9.61. The monoisotopic (exact) mass is 255 g/mol. The van der Waals surface area contributed by atoms with E-state index in [1.54, 1.807) is 0 Å². The first-order valence-electron chi connectivity index (χ1n) is 4.69. The minimum absolute atomic E-state index is 0.222. The Morgan fingerprint density at radius 3 is 2.61 bits per heavy atom. The summed E-state index contributed by atoms with van der Waals surface area (Å²) < 4.78 is 9.39. The van der Waals surface area contributed by atoms with Crippen LogP contribution in [0, 0.1) is 10.1 Å². The van der Waals surface area contributed by atoms with Gasteiger partial charge in [-0.1, -0.05) is 0 Å². The summed E-state index contributed by atoms with van der Waals surface area (Å²) in [7, 11) is 1.33. The van der Waals surface area contributed by atoms with Crippen LogP contribution in [0.25, 0.3) is 0 Å². The lowest BCUT2D eigenvalue weighted by atomic mass is 10.3. The van der Waals surface area contributed by atoms with Crippen LogP contribution in [0.1, 0.15) is 6.42 Å². The molecule has 1 N–H and O–H groups in total. The van der Waals surface area contributed by atoms with E-state index in [1.807, 2.05) is 0 Å². The highest BCUT2D eigenvalue weighted by atomic mass is 16.6. The maximum Gasteiger partial charge on any atom is 0.322 e. The molecule has 1 rings (SSSR count). The van der Waals surface area contributed by atoms with Crippen LogP contribution in [0.3, 0.4) is 0 Å². The SMILES string of the molecule is COc1ccc(OC(=O)CC(=O)O)c([N+](=O)[O-])c1. The average Bonchev–Trinajstić information content (AvgIpc) is 2.28. The Balaban J connectivity index is 2.98. The molecule has 0 heterocycles. The van der Waals surface area contributed by atoms with E-state index in [2.05, 4.69) is 4.74 Å². The number of esters is 1. The van der Waals surface area contributed by atoms with Crippen LogP contribution in [0.5, 0.6) is 11.5 Å². The number of nitro benzene ring substituents is 1. The highest BCUT2D eigenvalue weighted by Gasteiger charge is 2.20. The number of carboxylic acids is 1. The molecule has 8 nitrogen and oxygen atoms in total. The standard InChI is InChI=1S/C10H9NO7/c1-17-6-2-3-8(7(4-6)11(15)16)18-10(14)5-9(12)13/h2-4H,5H2,1H3,(H,12,13). The molecular formula is C10H9NO7. The van der Waals surface area contributed by atoms with Gasteiger partial charge in [0.2, 0.25) is 5.75 Å². The number of nitrogens with zero attached hydrogens (tertiary/aromatic N) is 1. The summed E-state index contributed by atoms with van der Waals surface area (Å²) in [6.45, 7) is 0. The molecule has 0 radical (unpaired) electrons. The summed E-state index contributed by atoms with van der Waals surface area (Å²) in [6.07, 6.45) is -0.872. The maximum absolute atomic E-state index is 11.1. The van der Waals surface area contributed by atoms with Gasteiger partial charge in [-0.3, -0.25) is 19.7 Å². The van der Waals surface area contributed by atoms with Crippen molar-refractivity contribution in [3.8, 4) is 11.5 Å². The molecule has 1 aromatic carbocycles. The van der Waals surface area contributed by atoms with Gasteiger partial charge >= 0.3 is 17.6 Å². The summed E-state index contributed by atoms with van der Waals surface area (Å²) in [5, 5.41) is 19.1. The second-order valence-electron chi connectivity index (χ2n) is 3.14. The smallest absolute Gasteiger partial charge is 0.322 e. The molecule has 0 aliphatic carbocycles. The van der Waals surface area contributed by atoms with E-state index in [9.17, 15) is 19.7 Å². The molecule has 0 amide bonds. The molecule has 96 valence electrons. The van der Waals surface area contributed by atoms with Gasteiger partial charge in [-0.15, -0.1) is 0 Å². The lowest BCUT2D eigenvalue weighted by molar-refractivity contribution is -0.385. The number of aliphatic carboxylic acids is 1. The number of nitro groups is 1. The molecule has 1 aromatic rings. The highest BCUT2D eigenvalue weighted by Crippen LogP contribution is 2.31. The van der Waals surface area contributed by atoms with Crippen molar-refractivity contribution in [2.75, 3.05) is 7.11 Å². The van der Waals surface area contributed by atoms with Crippen molar-refractivity contribution < 1.29 is 29.1 Å². The van der Waals surface area contributed by atoms with E-state index < -0.39 is 29.0 Å². The minimum atomic E-state index is -1.38. The number of benzene rings is 1. The van der Waals surface area contributed by atoms with E-state index in [4.69, 9.17) is 9.84 Å². The van der Waals surface area contributed by atoms with Crippen LogP contribution in [-0.2, 0) is 9.59 Å². The van der Waals surface area contributed by atoms with Crippen molar-refractivity contribution in [3.63, 3.8) is 0 Å². The Bertz CT molecular complexity index is 497. The minimum Gasteiger partial charge on any atom is -0.496 e. The zero-order valence-electron chi connectivity index (χ0n) is 9.28. The first-order valence-corrected chi connectivity index (χ1v) is 4.69. The summed E-state index contributed by atoms with van der Waals surface area (Å²) in [5.74, 6) is -2.57. The summed E-state index contributed by atoms with van der Waals surface area (Å²) in [4.78, 5) is 31.3. The van der Waals surface area contributed by atoms with Crippen molar-refractivity contribution in [2.24, 2.45) is 0 Å². The Kier molecular flexibility index (Phi) is 4.19. The van der Waals surface area contributed by atoms with Gasteiger partial charge in [0.25, 0.3) is 0 Å². The first kappa shape index (κ1) is 13.4. The number of hydrogen-bond donors (Lipinski definition) is 1. The second kappa shape index (κ2) is 5.62. The van der Waals surface area contributed by atoms with Crippen molar-refractivity contribution in [1.29, 1.82) is 0 Å². The summed E-state index contributed by atoms with van der Waals surface area (Å²) in [5.41, 5.74) is -0.479. The number of carbonyl (C=O) groups excluding carboxylic acids is 1. The first-order chi connectivity index (χ1) is 8.43. The number of carbonyl (C=O) groups is 2. The third-order valence-corrected chi connectivity index (χ3v) is 1.88. The number of ether oxygens (including phenoxy) is 2. The van der Waals surface area contributed by atoms with Gasteiger partial charge in [0.15, 0.2) is 0 Å². The van der Waals surface area contributed by atoms with Crippen LogP contribution < -0.4 is 9.47 Å². The summed E-state index contributed by atoms with van der Waals surface area (Å²) >= 11 is 0. The fourth-order valence-corrected chi connectivity index (χ4v) is 1.14. The molecule has 0 bridgehead atoms. The molecule has 0 atom stereocenters. The predicted octanol–water partition coefficient (Wildman–Crippen LogP) is 0.983. The zero-order valence-corrected chi connectivity index (χ0v) is 9.28. The van der Waals surface area contributed by atoms with Crippen molar-refractivity contribution in [3.05, 3.63) is 28.3 Å². The van der Waals surface area contributed by atoms with E-state index in [-0.39, 0.29) is 11.5 Å². The molecular weight excluding hydrogens is 246 g/mol. The van der Waals surface area contributed by atoms with Gasteiger partial charge in [0, 0.05) is 0 Å². The predicted molar refractivity (Wildman–Crippen MR) is 57.5 cm³/mol. The van der Waals surface area contributed by atoms with Crippen LogP contribution >= 0.6 is 0 Å². The van der Waals surface area contributed by atoms with Crippen molar-refractivity contribution in [2.45, 2.75) is 6.42 Å². The average molecular weight is 255 g/mol. The number of rotatable bonds is 5. The summed E-state index contributed by atoms with van der Waals surface area (Å²) in [6, 6.07) is 3.59. The molecule has 18 heavy (non-hydrogen) atoms. The van der Waals surface area contributed by atoms with Crippen LogP contribution in [0.4, 0.5) is 5.69 Å². The second-order valence-corrected chi connectivity index (χ2v) is 3.14. The molecule has 0 aliphatic heterocycles. The number of hydrogen-bond acceptors (Lipinski definition) is 6. The maximum atomic E-state index is 11.1. The van der Waals surface area contributed by atoms with Gasteiger partial charge < -0.3 is 14.6 Å². The molecule has 8 heteroatoms. The van der Waals surface area contributed by atoms with E-state index in [0.717, 1.165) is 12.1 Å². The molecule has 0 spiro atoms. The van der Waals surface area contributed by atoms with Crippen molar-refractivity contribution in [1.82, 2.24) is 0 Å². The third-order valence-electron chi connectivity index (χ3n) is 1.88. The zero-order chi connectivity index (χ0) is 13.7. The van der Waals surface area contributed by atoms with E-state index in [0.29, 0.717) is 0 Å². The Morgan fingerprint density at radius 2 is 2.11 bits per heavy atom. The van der Waals surface area contributed by atoms with Gasteiger partial charge in [-0.25, -0.2) is 0 Å². The number of carboxylic acid groups (broad SMARTS) is 1. The third kappa shape index (κ3) is 3.44. The Labute approximate surface area is 101 Å². The van der Waals surface area contributed by atoms with Gasteiger partial charge in [0.1, 0.15) is 12.2 Å². The van der Waals surface area contributed by atoms with Crippen LogP contribution in [0.15, 0.2) is 18.2 Å². The molecule has 0 aromatic heterocycles. The van der Waals surface area contributed by atoms with Gasteiger partial charge in [0.05, 0.1) is 18.1 Å². The topological polar surface area (TPSA) is 116 Å². The molecule has 0 saturated heterocycles. The lowest BCUT2D eigenvalue weighted by Crippen LogP contribution is -2.14. The Morgan fingerprint density at radius 1 is 1.44 bits per heavy atom. The lowest BCUT2D eigenvalue weighted by Gasteiger charge is -2.05. The molecule has 0 aliphatic rings. The van der Waals surface area contributed by atoms with Crippen LogP contribution in [-0.4, -0.2) is 29.1 Å².